The van der Waals surface area contributed by atoms with Crippen molar-refractivity contribution in [2.75, 3.05) is 0 Å². The second kappa shape index (κ2) is 8.09. The number of hydrogen-bond donors (Lipinski definition) is 1. The van der Waals surface area contributed by atoms with Crippen molar-refractivity contribution in [3.63, 3.8) is 0 Å². The number of benzene rings is 2. The highest BCUT2D eigenvalue weighted by Gasteiger charge is 2.04. The standard InChI is InChI=1S/C17H19Cl2NS/c1-12(2)20-10-14-5-8-17(16(19)9-14)21-11-13-3-6-15(18)7-4-13/h3-9,12,20H,10-11H2,1-2H3. The monoisotopic (exact) mass is 339 g/mol. The lowest BCUT2D eigenvalue weighted by Gasteiger charge is -2.10. The molecule has 0 fully saturated rings. The molecule has 2 rings (SSSR count). The lowest BCUT2D eigenvalue weighted by atomic mass is 10.2. The summed E-state index contributed by atoms with van der Waals surface area (Å²) in [7, 11) is 0. The fourth-order valence-corrected chi connectivity index (χ4v) is 3.20. The Hall–Kier alpha value is -0.670. The Morgan fingerprint density at radius 1 is 1.00 bits per heavy atom. The smallest absolute Gasteiger partial charge is 0.0545 e. The first-order valence-electron chi connectivity index (χ1n) is 6.93. The fourth-order valence-electron chi connectivity index (χ4n) is 1.84. The van der Waals surface area contributed by atoms with E-state index in [2.05, 4.69) is 31.3 Å². The van der Waals surface area contributed by atoms with Gasteiger partial charge in [0.15, 0.2) is 0 Å². The highest BCUT2D eigenvalue weighted by Crippen LogP contribution is 2.30. The van der Waals surface area contributed by atoms with Gasteiger partial charge in [0.1, 0.15) is 0 Å². The molecule has 1 nitrogen and oxygen atoms in total. The van der Waals surface area contributed by atoms with Crippen LogP contribution in [0.5, 0.6) is 0 Å². The van der Waals surface area contributed by atoms with Gasteiger partial charge in [-0.1, -0.05) is 55.2 Å². The van der Waals surface area contributed by atoms with Crippen LogP contribution >= 0.6 is 35.0 Å². The Bertz CT molecular complexity index is 582. The molecule has 0 aliphatic rings. The molecule has 0 atom stereocenters. The Balaban J connectivity index is 1.95. The summed E-state index contributed by atoms with van der Waals surface area (Å²) in [5, 5.41) is 4.98. The second-order valence-corrected chi connectivity index (χ2v) is 7.08. The zero-order chi connectivity index (χ0) is 15.2. The first-order chi connectivity index (χ1) is 10.0. The van der Waals surface area contributed by atoms with E-state index in [-0.39, 0.29) is 0 Å². The fraction of sp³-hybridized carbons (Fsp3) is 0.294. The first-order valence-corrected chi connectivity index (χ1v) is 8.68. The van der Waals surface area contributed by atoms with E-state index in [1.807, 2.05) is 30.3 Å². The van der Waals surface area contributed by atoms with E-state index in [4.69, 9.17) is 23.2 Å². The molecule has 4 heteroatoms. The first kappa shape index (κ1) is 16.7. The third-order valence-corrected chi connectivity index (χ3v) is 4.84. The van der Waals surface area contributed by atoms with Gasteiger partial charge in [-0.2, -0.15) is 0 Å². The molecule has 0 saturated heterocycles. The van der Waals surface area contributed by atoms with Crippen LogP contribution in [-0.2, 0) is 12.3 Å². The minimum atomic E-state index is 0.475. The molecule has 1 N–H and O–H groups in total. The van der Waals surface area contributed by atoms with E-state index in [0.29, 0.717) is 6.04 Å². The van der Waals surface area contributed by atoms with Crippen molar-refractivity contribution in [2.24, 2.45) is 0 Å². The minimum Gasteiger partial charge on any atom is -0.310 e. The Labute approximate surface area is 141 Å². The van der Waals surface area contributed by atoms with Gasteiger partial charge in [-0.05, 0) is 35.4 Å². The van der Waals surface area contributed by atoms with Crippen LogP contribution < -0.4 is 5.32 Å². The van der Waals surface area contributed by atoms with Crippen LogP contribution in [0.3, 0.4) is 0 Å². The van der Waals surface area contributed by atoms with Crippen molar-refractivity contribution in [3.8, 4) is 0 Å². The molecular weight excluding hydrogens is 321 g/mol. The summed E-state index contributed by atoms with van der Waals surface area (Å²) < 4.78 is 0. The van der Waals surface area contributed by atoms with Gasteiger partial charge in [0.2, 0.25) is 0 Å². The van der Waals surface area contributed by atoms with Gasteiger partial charge in [0.05, 0.1) is 5.02 Å². The van der Waals surface area contributed by atoms with Crippen molar-refractivity contribution in [3.05, 3.63) is 63.6 Å². The molecule has 0 aromatic heterocycles. The maximum absolute atomic E-state index is 6.37. The van der Waals surface area contributed by atoms with E-state index in [1.165, 1.54) is 11.1 Å². The van der Waals surface area contributed by atoms with Crippen LogP contribution in [0.1, 0.15) is 25.0 Å². The average molecular weight is 340 g/mol. The zero-order valence-electron chi connectivity index (χ0n) is 12.2. The maximum Gasteiger partial charge on any atom is 0.0545 e. The van der Waals surface area contributed by atoms with E-state index in [9.17, 15) is 0 Å². The summed E-state index contributed by atoms with van der Waals surface area (Å²) in [5.74, 6) is 0.889. The molecule has 0 spiro atoms. The third kappa shape index (κ3) is 5.55. The van der Waals surface area contributed by atoms with Crippen molar-refractivity contribution in [1.82, 2.24) is 5.32 Å². The highest BCUT2D eigenvalue weighted by molar-refractivity contribution is 7.98. The molecule has 0 bridgehead atoms. The summed E-state index contributed by atoms with van der Waals surface area (Å²) in [6.07, 6.45) is 0. The molecule has 2 aromatic carbocycles. The van der Waals surface area contributed by atoms with Gasteiger partial charge in [-0.15, -0.1) is 11.8 Å². The highest BCUT2D eigenvalue weighted by atomic mass is 35.5. The van der Waals surface area contributed by atoms with Gasteiger partial charge in [-0.25, -0.2) is 0 Å². The molecule has 0 aliphatic heterocycles. The second-order valence-electron chi connectivity index (χ2n) is 5.22. The Morgan fingerprint density at radius 3 is 2.29 bits per heavy atom. The van der Waals surface area contributed by atoms with E-state index < -0.39 is 0 Å². The lowest BCUT2D eigenvalue weighted by Crippen LogP contribution is -2.21. The van der Waals surface area contributed by atoms with Gasteiger partial charge < -0.3 is 5.32 Å². The topological polar surface area (TPSA) is 12.0 Å². The average Bonchev–Trinajstić information content (AvgIpc) is 2.46. The molecule has 0 saturated carbocycles. The molecule has 112 valence electrons. The summed E-state index contributed by atoms with van der Waals surface area (Å²) in [6.45, 7) is 5.12. The molecule has 2 aromatic rings. The van der Waals surface area contributed by atoms with Crippen LogP contribution in [0, 0.1) is 0 Å². The van der Waals surface area contributed by atoms with E-state index >= 15 is 0 Å². The molecule has 0 radical (unpaired) electrons. The van der Waals surface area contributed by atoms with Crippen LogP contribution in [-0.4, -0.2) is 6.04 Å². The van der Waals surface area contributed by atoms with Crippen molar-refractivity contribution in [2.45, 2.75) is 37.1 Å². The largest absolute Gasteiger partial charge is 0.310 e. The van der Waals surface area contributed by atoms with Crippen molar-refractivity contribution >= 4 is 35.0 Å². The van der Waals surface area contributed by atoms with Crippen LogP contribution in [0.2, 0.25) is 10.0 Å². The Morgan fingerprint density at radius 2 is 1.67 bits per heavy atom. The maximum atomic E-state index is 6.37. The normalized spacial score (nSPS) is 11.1. The minimum absolute atomic E-state index is 0.475. The van der Waals surface area contributed by atoms with E-state index in [1.54, 1.807) is 11.8 Å². The summed E-state index contributed by atoms with van der Waals surface area (Å²) in [4.78, 5) is 1.11. The Kier molecular flexibility index (Phi) is 6.43. The number of hydrogen-bond acceptors (Lipinski definition) is 2. The third-order valence-electron chi connectivity index (χ3n) is 3.02. The summed E-state index contributed by atoms with van der Waals surface area (Å²) >= 11 is 14.0. The summed E-state index contributed by atoms with van der Waals surface area (Å²) in [5.41, 5.74) is 2.45. The zero-order valence-corrected chi connectivity index (χ0v) is 14.5. The number of thioether (sulfide) groups is 1. The van der Waals surface area contributed by atoms with Crippen LogP contribution in [0.4, 0.5) is 0 Å². The SMILES string of the molecule is CC(C)NCc1ccc(SCc2ccc(Cl)cc2)c(Cl)c1. The molecule has 0 unspecified atom stereocenters. The summed E-state index contributed by atoms with van der Waals surface area (Å²) in [6, 6.07) is 14.7. The van der Waals surface area contributed by atoms with Crippen LogP contribution in [0.25, 0.3) is 0 Å². The predicted octanol–water partition coefficient (Wildman–Crippen LogP) is 5.78. The number of halogens is 2. The van der Waals surface area contributed by atoms with Gasteiger partial charge in [0.25, 0.3) is 0 Å². The quantitative estimate of drug-likeness (QED) is 0.669. The van der Waals surface area contributed by atoms with Crippen molar-refractivity contribution in [1.29, 1.82) is 0 Å². The molecular formula is C17H19Cl2NS. The lowest BCUT2D eigenvalue weighted by molar-refractivity contribution is 0.589. The number of rotatable bonds is 6. The molecule has 0 heterocycles. The van der Waals surface area contributed by atoms with Gasteiger partial charge in [-0.3, -0.25) is 0 Å². The molecule has 0 amide bonds. The molecule has 21 heavy (non-hydrogen) atoms. The molecule has 0 aliphatic carbocycles. The number of nitrogens with one attached hydrogen (secondary N) is 1. The van der Waals surface area contributed by atoms with Crippen LogP contribution in [0.15, 0.2) is 47.4 Å². The van der Waals surface area contributed by atoms with E-state index in [0.717, 1.165) is 27.2 Å². The van der Waals surface area contributed by atoms with Gasteiger partial charge in [0, 0.05) is 28.3 Å². The predicted molar refractivity (Wildman–Crippen MR) is 94.4 cm³/mol. The van der Waals surface area contributed by atoms with Gasteiger partial charge >= 0.3 is 0 Å². The van der Waals surface area contributed by atoms with Crippen molar-refractivity contribution < 1.29 is 0 Å².